The van der Waals surface area contributed by atoms with E-state index < -0.39 is 80.0 Å². The number of benzene rings is 4. The first-order valence-electron chi connectivity index (χ1n) is 25.1. The molecule has 5 amide bonds. The zero-order valence-electron chi connectivity index (χ0n) is 45.5. The number of carboxylic acid groups (broad SMARTS) is 1. The zero-order valence-corrected chi connectivity index (χ0v) is 50.1. The molecule has 2 atom stereocenters. The fraction of sp³-hybridized carbons (Fsp3) is 0.352. The molecule has 31 heteroatoms. The highest BCUT2D eigenvalue weighted by Crippen LogP contribution is 2.32. The predicted octanol–water partition coefficient (Wildman–Crippen LogP) is 10.8. The number of halogens is 6. The standard InChI is InChI=1S/C28H35N3O8.C23H24N4O7.C3Cl6O3/c1-28(2,3)39-23(32)17-22(24(33)34)15-10-16-29-25(30-26(35)37-18-20-11-6-4-7-12-20)31-27(36)38-19-21-13-8-5-9-14-21;28-19-18(25-23(31)34-19)12-7-13-24-20(26-21(29)32-14-16-8-3-1-4-9-16)27-22(30)33-15-17-10-5-2-6-11-17;4-2(5,6)11-1(10)12-3(7,8)9/h4-9,11-14,22H,10,15-19H2,1-3H3,(H,33,34)(H2,29,30,31,35,36);1-6,8-11,18H,7,12-15H2,(H,25,31)(H2,24,26,27,29,30);/t22-;18-;/m10./s1. The normalized spacial score (nSPS) is 12.8. The number of amides is 5. The van der Waals surface area contributed by atoms with Gasteiger partial charge in [-0.05, 0) is 138 Å². The molecule has 0 bridgehead atoms. The van der Waals surface area contributed by atoms with E-state index in [9.17, 15) is 48.3 Å². The number of nitrogens with one attached hydrogen (secondary N) is 5. The second kappa shape index (κ2) is 37.5. The van der Waals surface area contributed by atoms with Crippen molar-refractivity contribution in [3.63, 3.8) is 0 Å². The highest BCUT2D eigenvalue weighted by molar-refractivity contribution is 6.67. The van der Waals surface area contributed by atoms with Crippen molar-refractivity contribution in [2.75, 3.05) is 13.1 Å². The Labute approximate surface area is 517 Å². The third kappa shape index (κ3) is 35.2. The Kier molecular flexibility index (Phi) is 31.5. The van der Waals surface area contributed by atoms with Crippen LogP contribution in [0.25, 0.3) is 0 Å². The maximum absolute atomic E-state index is 12.3. The predicted molar refractivity (Wildman–Crippen MR) is 310 cm³/mol. The molecule has 6 N–H and O–H groups in total. The van der Waals surface area contributed by atoms with Crippen molar-refractivity contribution in [2.24, 2.45) is 15.9 Å². The Morgan fingerprint density at radius 3 is 1.19 bits per heavy atom. The van der Waals surface area contributed by atoms with Crippen LogP contribution in [0.1, 0.15) is 75.1 Å². The van der Waals surface area contributed by atoms with E-state index in [1.54, 1.807) is 93.6 Å². The van der Waals surface area contributed by atoms with Crippen LogP contribution in [0, 0.1) is 5.92 Å². The van der Waals surface area contributed by atoms with Gasteiger partial charge >= 0.3 is 62.5 Å². The number of hydrogen-bond acceptors (Lipinski definition) is 19. The van der Waals surface area contributed by atoms with Crippen molar-refractivity contribution >= 4 is 136 Å². The number of aliphatic imine (C=N–C) groups is 2. The van der Waals surface area contributed by atoms with Gasteiger partial charge in [0, 0.05) is 13.1 Å². The van der Waals surface area contributed by atoms with Gasteiger partial charge in [0.15, 0.2) is 0 Å². The van der Waals surface area contributed by atoms with Gasteiger partial charge < -0.3 is 48.3 Å². The molecule has 0 spiro atoms. The van der Waals surface area contributed by atoms with E-state index in [1.807, 2.05) is 48.5 Å². The maximum atomic E-state index is 12.3. The lowest BCUT2D eigenvalue weighted by molar-refractivity contribution is -0.160. The number of cyclic esters (lactones) is 2. The number of alkyl carbamates (subject to hydrolysis) is 5. The minimum Gasteiger partial charge on any atom is -0.481 e. The van der Waals surface area contributed by atoms with Gasteiger partial charge in [0.1, 0.15) is 38.1 Å². The Morgan fingerprint density at radius 2 is 0.894 bits per heavy atom. The second-order valence-corrected chi connectivity index (χ2v) is 22.4. The molecule has 85 heavy (non-hydrogen) atoms. The summed E-state index contributed by atoms with van der Waals surface area (Å²) < 4.78 is 33.8. The van der Waals surface area contributed by atoms with Crippen molar-refractivity contribution in [3.8, 4) is 0 Å². The summed E-state index contributed by atoms with van der Waals surface area (Å²) in [5.74, 6) is -3.75. The zero-order chi connectivity index (χ0) is 62.8. The molecule has 1 fully saturated rings. The molecule has 25 nitrogen and oxygen atoms in total. The molecule has 1 heterocycles. The smallest absolute Gasteiger partial charge is 0.481 e. The quantitative estimate of drug-likeness (QED) is 0.00966. The van der Waals surface area contributed by atoms with Gasteiger partial charge in [-0.15, -0.1) is 0 Å². The fourth-order valence-corrected chi connectivity index (χ4v) is 6.73. The Bertz CT molecular complexity index is 2730. The lowest BCUT2D eigenvalue weighted by Crippen LogP contribution is -2.44. The number of guanidine groups is 2. The third-order valence-electron chi connectivity index (χ3n) is 9.98. The van der Waals surface area contributed by atoms with Crippen LogP contribution in [0.2, 0.25) is 0 Å². The van der Waals surface area contributed by atoms with Crippen LogP contribution in [-0.4, -0.2) is 104 Å². The topological polar surface area (TPSA) is 333 Å². The summed E-state index contributed by atoms with van der Waals surface area (Å²) in [6.45, 7) is 5.35. The Hall–Kier alpha value is -7.81. The summed E-state index contributed by atoms with van der Waals surface area (Å²) in [6, 6.07) is 35.5. The van der Waals surface area contributed by atoms with Crippen LogP contribution in [0.15, 0.2) is 131 Å². The second-order valence-electron chi connectivity index (χ2n) is 18.1. The van der Waals surface area contributed by atoms with Crippen LogP contribution in [0.3, 0.4) is 0 Å². The summed E-state index contributed by atoms with van der Waals surface area (Å²) in [7, 11) is 0. The molecular formula is C54H59Cl6N7O18. The van der Waals surface area contributed by atoms with Gasteiger partial charge in [-0.2, -0.15) is 0 Å². The molecule has 1 aliphatic heterocycles. The van der Waals surface area contributed by atoms with Crippen LogP contribution >= 0.6 is 69.6 Å². The molecule has 4 aromatic rings. The van der Waals surface area contributed by atoms with Gasteiger partial charge in [-0.1, -0.05) is 121 Å². The molecule has 4 aromatic carbocycles. The van der Waals surface area contributed by atoms with E-state index in [0.717, 1.165) is 22.3 Å². The van der Waals surface area contributed by atoms with Crippen LogP contribution in [0.4, 0.5) is 28.8 Å². The van der Waals surface area contributed by atoms with Crippen molar-refractivity contribution in [3.05, 3.63) is 144 Å². The van der Waals surface area contributed by atoms with Crippen molar-refractivity contribution in [2.45, 2.75) is 98.9 Å². The average molecular weight is 1310 g/mol. The third-order valence-corrected chi connectivity index (χ3v) is 10.4. The molecule has 0 aromatic heterocycles. The number of alkyl halides is 6. The van der Waals surface area contributed by atoms with Crippen molar-refractivity contribution in [1.82, 2.24) is 26.6 Å². The number of aliphatic carboxylic acids is 1. The average Bonchev–Trinajstić information content (AvgIpc) is 3.86. The molecule has 1 aliphatic rings. The molecule has 5 rings (SSSR count). The molecule has 0 radical (unpaired) electrons. The minimum absolute atomic E-state index is 0.00334. The molecular weight excluding hydrogens is 1250 g/mol. The van der Waals surface area contributed by atoms with Gasteiger partial charge in [0.25, 0.3) is 0 Å². The minimum atomic E-state index is -2.24. The first kappa shape index (κ1) is 71.5. The number of ether oxygens (including phenoxy) is 8. The number of hydrogen-bond donors (Lipinski definition) is 6. The molecule has 0 aliphatic carbocycles. The summed E-state index contributed by atoms with van der Waals surface area (Å²) in [5, 5.41) is 21.4. The van der Waals surface area contributed by atoms with E-state index in [0.29, 0.717) is 6.42 Å². The summed E-state index contributed by atoms with van der Waals surface area (Å²) in [5.41, 5.74) is 2.40. The maximum Gasteiger partial charge on any atom is 0.515 e. The lowest BCUT2D eigenvalue weighted by atomic mass is 9.99. The highest BCUT2D eigenvalue weighted by Gasteiger charge is 2.33. The van der Waals surface area contributed by atoms with Crippen LogP contribution < -0.4 is 26.6 Å². The van der Waals surface area contributed by atoms with Crippen LogP contribution in [0.5, 0.6) is 0 Å². The Balaban J connectivity index is 0.000000375. The van der Waals surface area contributed by atoms with Crippen LogP contribution in [-0.2, 0) is 78.7 Å². The van der Waals surface area contributed by atoms with E-state index in [-0.39, 0.29) is 77.1 Å². The van der Waals surface area contributed by atoms with Gasteiger partial charge in [-0.25, -0.2) is 33.6 Å². The Morgan fingerprint density at radius 1 is 0.553 bits per heavy atom. The number of carbonyl (C=O) groups is 9. The largest absolute Gasteiger partial charge is 0.515 e. The van der Waals surface area contributed by atoms with Gasteiger partial charge in [0.05, 0.1) is 12.3 Å². The van der Waals surface area contributed by atoms with Gasteiger partial charge in [0.2, 0.25) is 11.9 Å². The molecule has 0 saturated carbocycles. The number of carbonyl (C=O) groups excluding carboxylic acids is 8. The number of esters is 2. The molecule has 1 saturated heterocycles. The summed E-state index contributed by atoms with van der Waals surface area (Å²) in [4.78, 5) is 114. The highest BCUT2D eigenvalue weighted by atomic mass is 35.6. The van der Waals surface area contributed by atoms with Gasteiger partial charge in [-0.3, -0.25) is 40.8 Å². The van der Waals surface area contributed by atoms with E-state index in [2.05, 4.69) is 50.8 Å². The summed E-state index contributed by atoms with van der Waals surface area (Å²) >= 11 is 30.2. The first-order valence-corrected chi connectivity index (χ1v) is 27.4. The summed E-state index contributed by atoms with van der Waals surface area (Å²) in [6.07, 6.45) is -4.80. The number of rotatable bonds is 19. The van der Waals surface area contributed by atoms with E-state index in [1.165, 1.54) is 0 Å². The SMILES string of the molecule is CC(C)(C)OC(=O)C[C@@H](CCCN=C(NC(=O)OCc1ccccc1)NC(=O)OCc1ccccc1)C(=O)O.O=C(NC(=NCCC[C@@H]1NC(=O)OC1=O)NC(=O)OCc1ccccc1)OCc1ccccc1.O=C(OC(Cl)(Cl)Cl)OC(Cl)(Cl)Cl. The van der Waals surface area contributed by atoms with E-state index in [4.69, 9.17) is 93.3 Å². The van der Waals surface area contributed by atoms with E-state index >= 15 is 0 Å². The monoisotopic (exact) mass is 1300 g/mol. The first-order chi connectivity index (χ1) is 40.1. The molecule has 0 unspecified atom stereocenters. The number of carboxylic acids is 1. The number of nitrogens with zero attached hydrogens (tertiary/aromatic N) is 2. The lowest BCUT2D eigenvalue weighted by Gasteiger charge is -2.21. The fourth-order valence-electron chi connectivity index (χ4n) is 6.35. The van der Waals surface area contributed by atoms with Crippen molar-refractivity contribution < 1.29 is 86.2 Å². The molecule has 460 valence electrons. The van der Waals surface area contributed by atoms with Crippen molar-refractivity contribution in [1.29, 1.82) is 0 Å².